The standard InChI is InChI=1S/C12H19NO4/c14-11-4-3-9(6-12(15)16)7-13(11)10-2-1-5-17-8-10/h9-10H,1-8H2,(H,15,16). The molecule has 2 aliphatic heterocycles. The van der Waals surface area contributed by atoms with Gasteiger partial charge in [0, 0.05) is 26.0 Å². The summed E-state index contributed by atoms with van der Waals surface area (Å²) in [6.45, 7) is 1.96. The summed E-state index contributed by atoms with van der Waals surface area (Å²) >= 11 is 0. The number of piperidine rings is 1. The molecule has 0 radical (unpaired) electrons. The molecule has 0 aliphatic carbocycles. The van der Waals surface area contributed by atoms with Crippen LogP contribution in [0.3, 0.4) is 0 Å². The Balaban J connectivity index is 1.93. The molecule has 5 nitrogen and oxygen atoms in total. The quantitative estimate of drug-likeness (QED) is 0.796. The first-order chi connectivity index (χ1) is 8.16. The predicted octanol–water partition coefficient (Wildman–Crippen LogP) is 0.879. The Hall–Kier alpha value is -1.10. The molecular weight excluding hydrogens is 222 g/mol. The van der Waals surface area contributed by atoms with Crippen molar-refractivity contribution in [2.75, 3.05) is 19.8 Å². The molecule has 2 unspecified atom stereocenters. The Morgan fingerprint density at radius 3 is 2.94 bits per heavy atom. The highest BCUT2D eigenvalue weighted by Crippen LogP contribution is 2.25. The molecule has 5 heteroatoms. The molecule has 0 aromatic carbocycles. The number of carbonyl (C=O) groups excluding carboxylic acids is 1. The Morgan fingerprint density at radius 2 is 2.29 bits per heavy atom. The van der Waals surface area contributed by atoms with E-state index in [1.165, 1.54) is 0 Å². The lowest BCUT2D eigenvalue weighted by molar-refractivity contribution is -0.145. The van der Waals surface area contributed by atoms with Crippen molar-refractivity contribution in [3.8, 4) is 0 Å². The second-order valence-corrected chi connectivity index (χ2v) is 4.92. The highest BCUT2D eigenvalue weighted by Gasteiger charge is 2.32. The van der Waals surface area contributed by atoms with Gasteiger partial charge in [-0.05, 0) is 25.2 Å². The number of nitrogens with zero attached hydrogens (tertiary/aromatic N) is 1. The summed E-state index contributed by atoms with van der Waals surface area (Å²) < 4.78 is 5.39. The third-order valence-corrected chi connectivity index (χ3v) is 3.58. The molecule has 0 aromatic heterocycles. The first kappa shape index (κ1) is 12.4. The van der Waals surface area contributed by atoms with Crippen molar-refractivity contribution in [3.05, 3.63) is 0 Å². The van der Waals surface area contributed by atoms with E-state index in [0.717, 1.165) is 19.4 Å². The number of hydrogen-bond acceptors (Lipinski definition) is 3. The van der Waals surface area contributed by atoms with E-state index < -0.39 is 5.97 Å². The van der Waals surface area contributed by atoms with Crippen LogP contribution in [0.25, 0.3) is 0 Å². The fourth-order valence-corrected chi connectivity index (χ4v) is 2.68. The SMILES string of the molecule is O=C(O)CC1CCC(=O)N(C2CCCOC2)C1. The molecule has 1 N–H and O–H groups in total. The molecule has 1 amide bonds. The van der Waals surface area contributed by atoms with Gasteiger partial charge in [-0.15, -0.1) is 0 Å². The zero-order valence-corrected chi connectivity index (χ0v) is 9.93. The van der Waals surface area contributed by atoms with E-state index in [4.69, 9.17) is 9.84 Å². The van der Waals surface area contributed by atoms with Crippen LogP contribution in [0.1, 0.15) is 32.1 Å². The maximum Gasteiger partial charge on any atom is 0.303 e. The molecule has 17 heavy (non-hydrogen) atoms. The van der Waals surface area contributed by atoms with Gasteiger partial charge in [0.1, 0.15) is 0 Å². The van der Waals surface area contributed by atoms with E-state index in [0.29, 0.717) is 26.0 Å². The van der Waals surface area contributed by atoms with Crippen molar-refractivity contribution < 1.29 is 19.4 Å². The van der Waals surface area contributed by atoms with Gasteiger partial charge in [-0.1, -0.05) is 0 Å². The molecule has 0 aromatic rings. The van der Waals surface area contributed by atoms with Gasteiger partial charge in [-0.25, -0.2) is 0 Å². The summed E-state index contributed by atoms with van der Waals surface area (Å²) in [6, 6.07) is 0.160. The molecule has 96 valence electrons. The van der Waals surface area contributed by atoms with Gasteiger partial charge < -0.3 is 14.7 Å². The van der Waals surface area contributed by atoms with Gasteiger partial charge in [0.2, 0.25) is 5.91 Å². The minimum Gasteiger partial charge on any atom is -0.481 e. The lowest BCUT2D eigenvalue weighted by atomic mass is 9.92. The van der Waals surface area contributed by atoms with Crippen molar-refractivity contribution in [1.82, 2.24) is 4.90 Å². The van der Waals surface area contributed by atoms with E-state index in [1.807, 2.05) is 4.90 Å². The molecule has 2 saturated heterocycles. The first-order valence-electron chi connectivity index (χ1n) is 6.26. The van der Waals surface area contributed by atoms with Crippen LogP contribution in [-0.2, 0) is 14.3 Å². The van der Waals surface area contributed by atoms with Crippen molar-refractivity contribution >= 4 is 11.9 Å². The number of rotatable bonds is 3. The fraction of sp³-hybridized carbons (Fsp3) is 0.833. The molecule has 2 fully saturated rings. The predicted molar refractivity (Wildman–Crippen MR) is 60.5 cm³/mol. The van der Waals surface area contributed by atoms with Crippen molar-refractivity contribution in [3.63, 3.8) is 0 Å². The van der Waals surface area contributed by atoms with Crippen LogP contribution in [0.15, 0.2) is 0 Å². The fourth-order valence-electron chi connectivity index (χ4n) is 2.68. The number of amides is 1. The van der Waals surface area contributed by atoms with Crippen LogP contribution >= 0.6 is 0 Å². The van der Waals surface area contributed by atoms with E-state index in [1.54, 1.807) is 0 Å². The Labute approximate surface area is 101 Å². The topological polar surface area (TPSA) is 66.8 Å². The average molecular weight is 241 g/mol. The Bertz CT molecular complexity index is 299. The largest absolute Gasteiger partial charge is 0.481 e. The van der Waals surface area contributed by atoms with Crippen LogP contribution < -0.4 is 0 Å². The van der Waals surface area contributed by atoms with Gasteiger partial charge in [-0.3, -0.25) is 9.59 Å². The summed E-state index contributed by atoms with van der Waals surface area (Å²) in [7, 11) is 0. The molecule has 0 bridgehead atoms. The third-order valence-electron chi connectivity index (χ3n) is 3.58. The Morgan fingerprint density at radius 1 is 1.47 bits per heavy atom. The van der Waals surface area contributed by atoms with Crippen LogP contribution in [-0.4, -0.2) is 47.7 Å². The van der Waals surface area contributed by atoms with Crippen LogP contribution in [0.4, 0.5) is 0 Å². The van der Waals surface area contributed by atoms with Crippen molar-refractivity contribution in [2.45, 2.75) is 38.1 Å². The second-order valence-electron chi connectivity index (χ2n) is 4.92. The van der Waals surface area contributed by atoms with Gasteiger partial charge >= 0.3 is 5.97 Å². The minimum absolute atomic E-state index is 0.104. The number of aliphatic carboxylic acids is 1. The second kappa shape index (κ2) is 5.49. The molecule has 0 spiro atoms. The third kappa shape index (κ3) is 3.19. The van der Waals surface area contributed by atoms with Gasteiger partial charge in [0.15, 0.2) is 0 Å². The molecule has 2 aliphatic rings. The molecule has 0 saturated carbocycles. The number of carboxylic acids is 1. The molecule has 2 atom stereocenters. The first-order valence-corrected chi connectivity index (χ1v) is 6.26. The van der Waals surface area contributed by atoms with E-state index in [2.05, 4.69) is 0 Å². The van der Waals surface area contributed by atoms with E-state index in [9.17, 15) is 9.59 Å². The lowest BCUT2D eigenvalue weighted by Crippen LogP contribution is -2.49. The number of ether oxygens (including phenoxy) is 1. The number of hydrogen-bond donors (Lipinski definition) is 1. The van der Waals surface area contributed by atoms with Crippen LogP contribution in [0.2, 0.25) is 0 Å². The summed E-state index contributed by atoms with van der Waals surface area (Å²) in [5.41, 5.74) is 0. The molecule has 2 heterocycles. The number of carboxylic acid groups (broad SMARTS) is 1. The lowest BCUT2D eigenvalue weighted by Gasteiger charge is -2.39. The van der Waals surface area contributed by atoms with Crippen molar-refractivity contribution in [1.29, 1.82) is 0 Å². The van der Waals surface area contributed by atoms with Crippen molar-refractivity contribution in [2.24, 2.45) is 5.92 Å². The number of likely N-dealkylation sites (tertiary alicyclic amines) is 1. The maximum atomic E-state index is 11.8. The van der Waals surface area contributed by atoms with Crippen LogP contribution in [0, 0.1) is 5.92 Å². The summed E-state index contributed by atoms with van der Waals surface area (Å²) in [5, 5.41) is 8.80. The molecular formula is C12H19NO4. The summed E-state index contributed by atoms with van der Waals surface area (Å²) in [4.78, 5) is 24.4. The van der Waals surface area contributed by atoms with E-state index in [-0.39, 0.29) is 24.3 Å². The highest BCUT2D eigenvalue weighted by atomic mass is 16.5. The van der Waals surface area contributed by atoms with Gasteiger partial charge in [-0.2, -0.15) is 0 Å². The zero-order valence-electron chi connectivity index (χ0n) is 9.93. The van der Waals surface area contributed by atoms with Gasteiger partial charge in [0.25, 0.3) is 0 Å². The van der Waals surface area contributed by atoms with E-state index >= 15 is 0 Å². The van der Waals surface area contributed by atoms with Crippen LogP contribution in [0.5, 0.6) is 0 Å². The normalized spacial score (nSPS) is 30.4. The maximum absolute atomic E-state index is 11.8. The Kier molecular flexibility index (Phi) is 3.99. The number of carbonyl (C=O) groups is 2. The monoisotopic (exact) mass is 241 g/mol. The minimum atomic E-state index is -0.774. The molecule has 2 rings (SSSR count). The summed E-state index contributed by atoms with van der Waals surface area (Å²) in [5.74, 6) is -0.515. The average Bonchev–Trinajstić information content (AvgIpc) is 2.32. The zero-order chi connectivity index (χ0) is 12.3. The smallest absolute Gasteiger partial charge is 0.303 e. The highest BCUT2D eigenvalue weighted by molar-refractivity contribution is 5.77. The van der Waals surface area contributed by atoms with Gasteiger partial charge in [0.05, 0.1) is 12.6 Å². The summed E-state index contributed by atoms with van der Waals surface area (Å²) in [6.07, 6.45) is 3.31.